The maximum absolute atomic E-state index is 4.27. The van der Waals surface area contributed by atoms with Crippen molar-refractivity contribution in [3.63, 3.8) is 0 Å². The van der Waals surface area contributed by atoms with Crippen LogP contribution in [0.4, 0.5) is 0 Å². The summed E-state index contributed by atoms with van der Waals surface area (Å²) in [6, 6.07) is 0. The van der Waals surface area contributed by atoms with Crippen LogP contribution in [0.15, 0.2) is 4.99 Å². The minimum atomic E-state index is 0.712. The first-order valence-electron chi connectivity index (χ1n) is 1.74. The van der Waals surface area contributed by atoms with E-state index < -0.39 is 0 Å². The Kier molecular flexibility index (Phi) is 4.64. The van der Waals surface area contributed by atoms with Crippen molar-refractivity contribution in [3.8, 4) is 0 Å². The second-order valence-corrected chi connectivity index (χ2v) is 1.01. The van der Waals surface area contributed by atoms with E-state index in [0.29, 0.717) is 6.54 Å². The molecule has 0 N–H and O–H groups in total. The Morgan fingerprint density at radius 1 is 1.83 bits per heavy atom. The number of isothiocyanates is 1. The number of thiocarbonyl (C=S) groups is 1. The molecule has 0 saturated heterocycles. The summed E-state index contributed by atoms with van der Waals surface area (Å²) in [4.78, 5) is 3.59. The number of nitrogens with zero attached hydrogens (tertiary/aromatic N) is 1. The molecule has 0 aliphatic rings. The zero-order valence-corrected chi connectivity index (χ0v) is 4.29. The van der Waals surface area contributed by atoms with Gasteiger partial charge in [0.15, 0.2) is 0 Å². The molecule has 2 heteroatoms. The minimum Gasteiger partial charge on any atom is -0.233 e. The Bertz CT molecular complexity index is 63.9. The summed E-state index contributed by atoms with van der Waals surface area (Å²) in [6.45, 7) is 4.25. The van der Waals surface area contributed by atoms with Gasteiger partial charge in [-0.25, -0.2) is 4.99 Å². The third kappa shape index (κ3) is 3.80. The zero-order chi connectivity index (χ0) is 4.83. The van der Waals surface area contributed by atoms with Gasteiger partial charge in [-0.3, -0.25) is 0 Å². The number of hydrogen-bond acceptors (Lipinski definition) is 2. The molecule has 6 heavy (non-hydrogen) atoms. The summed E-state index contributed by atoms with van der Waals surface area (Å²) < 4.78 is 0. The van der Waals surface area contributed by atoms with E-state index in [0.717, 1.165) is 6.42 Å². The van der Waals surface area contributed by atoms with Gasteiger partial charge in [0.05, 0.1) is 5.16 Å². The molecule has 0 amide bonds. The molecule has 1 nitrogen and oxygen atoms in total. The molecule has 0 saturated carbocycles. The molecule has 33 valence electrons. The molecule has 0 spiro atoms. The van der Waals surface area contributed by atoms with E-state index in [2.05, 4.69) is 29.3 Å². The maximum Gasteiger partial charge on any atom is 0.0584 e. The van der Waals surface area contributed by atoms with Crippen molar-refractivity contribution < 1.29 is 0 Å². The summed E-state index contributed by atoms with van der Waals surface area (Å²) >= 11 is 4.27. The Labute approximate surface area is 43.1 Å². The van der Waals surface area contributed by atoms with Gasteiger partial charge in [-0.2, -0.15) is 0 Å². The first-order valence-corrected chi connectivity index (χ1v) is 2.15. The second kappa shape index (κ2) is 4.80. The van der Waals surface area contributed by atoms with Crippen molar-refractivity contribution in [2.24, 2.45) is 4.99 Å². The van der Waals surface area contributed by atoms with Gasteiger partial charge in [0.25, 0.3) is 0 Å². The van der Waals surface area contributed by atoms with Crippen molar-refractivity contribution in [2.75, 3.05) is 6.54 Å². The molecule has 0 rings (SSSR count). The van der Waals surface area contributed by atoms with Gasteiger partial charge in [0.2, 0.25) is 0 Å². The van der Waals surface area contributed by atoms with E-state index in [9.17, 15) is 0 Å². The Balaban J connectivity index is 2.86. The Morgan fingerprint density at radius 3 is 2.67 bits per heavy atom. The van der Waals surface area contributed by atoms with Crippen LogP contribution >= 0.6 is 12.2 Å². The first kappa shape index (κ1) is 5.80. The van der Waals surface area contributed by atoms with Crippen LogP contribution in [0.5, 0.6) is 0 Å². The molecule has 0 bridgehead atoms. The molecule has 0 aliphatic heterocycles. The lowest BCUT2D eigenvalue weighted by molar-refractivity contribution is 1.01. The summed E-state index contributed by atoms with van der Waals surface area (Å²) in [7, 11) is 0. The molecular weight excluding hydrogens is 94.1 g/mol. The maximum atomic E-state index is 4.27. The predicted molar refractivity (Wildman–Crippen MR) is 29.9 cm³/mol. The molecule has 0 unspecified atom stereocenters. The lowest BCUT2D eigenvalue weighted by Gasteiger charge is -1.73. The largest absolute Gasteiger partial charge is 0.233 e. The van der Waals surface area contributed by atoms with Crippen LogP contribution in [0.1, 0.15) is 6.42 Å². The quantitative estimate of drug-likeness (QED) is 0.376. The van der Waals surface area contributed by atoms with Crippen molar-refractivity contribution in [1.29, 1.82) is 0 Å². The zero-order valence-electron chi connectivity index (χ0n) is 3.48. The molecular formula is C4H6NS. The monoisotopic (exact) mass is 100 g/mol. The first-order chi connectivity index (χ1) is 2.91. The number of aliphatic imine (C=N–C) groups is 1. The highest BCUT2D eigenvalue weighted by Gasteiger charge is 1.65. The van der Waals surface area contributed by atoms with Crippen molar-refractivity contribution in [3.05, 3.63) is 6.92 Å². The van der Waals surface area contributed by atoms with E-state index in [4.69, 9.17) is 0 Å². The third-order valence-corrected chi connectivity index (χ3v) is 0.464. The fourth-order valence-corrected chi connectivity index (χ4v) is 0.216. The highest BCUT2D eigenvalue weighted by Crippen LogP contribution is 1.70. The topological polar surface area (TPSA) is 12.4 Å². The number of rotatable bonds is 2. The average Bonchev–Trinajstić information content (AvgIpc) is 1.61. The molecule has 0 aliphatic carbocycles. The molecule has 0 heterocycles. The van der Waals surface area contributed by atoms with Gasteiger partial charge in [0.1, 0.15) is 0 Å². The second-order valence-electron chi connectivity index (χ2n) is 0.827. The highest BCUT2D eigenvalue weighted by atomic mass is 32.1. The van der Waals surface area contributed by atoms with E-state index in [-0.39, 0.29) is 0 Å². The molecule has 0 aromatic rings. The number of hydrogen-bond donors (Lipinski definition) is 0. The van der Waals surface area contributed by atoms with Gasteiger partial charge in [-0.1, -0.05) is 6.92 Å². The standard InChI is InChI=1S/C4H6NS/c1-2-3-5-4-6/h1-3H2. The van der Waals surface area contributed by atoms with Crippen LogP contribution in [0.2, 0.25) is 0 Å². The van der Waals surface area contributed by atoms with E-state index in [1.807, 2.05) is 0 Å². The predicted octanol–water partition coefficient (Wildman–Crippen LogP) is 1.31. The van der Waals surface area contributed by atoms with Crippen molar-refractivity contribution in [2.45, 2.75) is 6.42 Å². The van der Waals surface area contributed by atoms with Crippen LogP contribution in [0, 0.1) is 6.92 Å². The van der Waals surface area contributed by atoms with E-state index in [1.165, 1.54) is 0 Å². The molecule has 0 atom stereocenters. The summed E-state index contributed by atoms with van der Waals surface area (Å²) in [6.07, 6.45) is 0.809. The van der Waals surface area contributed by atoms with Gasteiger partial charge in [-0.15, -0.1) is 0 Å². The minimum absolute atomic E-state index is 0.712. The van der Waals surface area contributed by atoms with Crippen LogP contribution in [0.3, 0.4) is 0 Å². The molecule has 1 radical (unpaired) electrons. The lowest BCUT2D eigenvalue weighted by Crippen LogP contribution is -1.68. The van der Waals surface area contributed by atoms with Crippen LogP contribution in [0.25, 0.3) is 0 Å². The van der Waals surface area contributed by atoms with Gasteiger partial charge < -0.3 is 0 Å². The Morgan fingerprint density at radius 2 is 2.50 bits per heavy atom. The summed E-state index contributed by atoms with van der Waals surface area (Å²) in [5, 5.41) is 2.24. The fourth-order valence-electron chi connectivity index (χ4n) is 0.125. The van der Waals surface area contributed by atoms with Crippen LogP contribution in [-0.2, 0) is 0 Å². The van der Waals surface area contributed by atoms with Gasteiger partial charge >= 0.3 is 0 Å². The third-order valence-electron chi connectivity index (χ3n) is 0.334. The normalized spacial score (nSPS) is 6.83. The van der Waals surface area contributed by atoms with Crippen LogP contribution < -0.4 is 0 Å². The van der Waals surface area contributed by atoms with Crippen molar-refractivity contribution >= 4 is 17.4 Å². The molecule has 0 aromatic carbocycles. The van der Waals surface area contributed by atoms with Crippen molar-refractivity contribution in [1.82, 2.24) is 0 Å². The summed E-state index contributed by atoms with van der Waals surface area (Å²) in [5.74, 6) is 0. The fraction of sp³-hybridized carbons (Fsp3) is 0.500. The van der Waals surface area contributed by atoms with Gasteiger partial charge in [-0.05, 0) is 18.6 Å². The highest BCUT2D eigenvalue weighted by molar-refractivity contribution is 7.78. The van der Waals surface area contributed by atoms with E-state index in [1.54, 1.807) is 0 Å². The van der Waals surface area contributed by atoms with Crippen LogP contribution in [-0.4, -0.2) is 11.7 Å². The van der Waals surface area contributed by atoms with Gasteiger partial charge in [0, 0.05) is 6.54 Å². The summed E-state index contributed by atoms with van der Waals surface area (Å²) in [5.41, 5.74) is 0. The van der Waals surface area contributed by atoms with E-state index >= 15 is 0 Å². The Hall–Kier alpha value is -0.200. The molecule has 0 aromatic heterocycles. The lowest BCUT2D eigenvalue weighted by atomic mass is 10.5. The molecule has 0 fully saturated rings. The SMILES string of the molecule is [CH2]CCN=C=S. The smallest absolute Gasteiger partial charge is 0.0584 e. The average molecular weight is 100 g/mol.